The molecule has 0 unspecified atom stereocenters. The van der Waals surface area contributed by atoms with Crippen LogP contribution < -0.4 is 4.74 Å². The maximum atomic E-state index is 11.4. The summed E-state index contributed by atoms with van der Waals surface area (Å²) in [6, 6.07) is 7.31. The lowest BCUT2D eigenvalue weighted by molar-refractivity contribution is -0.141. The average Bonchev–Trinajstić information content (AvgIpc) is 2.59. The number of oxime groups is 1. The Balaban J connectivity index is 2.29. The van der Waals surface area contributed by atoms with E-state index in [-0.39, 0.29) is 11.9 Å². The van der Waals surface area contributed by atoms with Crippen molar-refractivity contribution >= 4 is 11.7 Å². The predicted octanol–water partition coefficient (Wildman–Crippen LogP) is 1.71. The summed E-state index contributed by atoms with van der Waals surface area (Å²) < 4.78 is 5.04. The van der Waals surface area contributed by atoms with Gasteiger partial charge in [0.2, 0.25) is 0 Å². The van der Waals surface area contributed by atoms with Gasteiger partial charge in [-0.2, -0.15) is 0 Å². The van der Waals surface area contributed by atoms with E-state index in [1.54, 1.807) is 14.0 Å². The smallest absolute Gasteiger partial charge is 0.348 e. The third-order valence-corrected chi connectivity index (χ3v) is 2.38. The van der Waals surface area contributed by atoms with Crippen LogP contribution in [0.1, 0.15) is 18.4 Å². The minimum atomic E-state index is -0.365. The van der Waals surface area contributed by atoms with Crippen molar-refractivity contribution < 1.29 is 14.4 Å². The molecule has 0 fully saturated rings. The molecule has 0 N–H and O–H groups in total. The van der Waals surface area contributed by atoms with Gasteiger partial charge in [0, 0.05) is 0 Å². The molecule has 1 aromatic rings. The van der Waals surface area contributed by atoms with Crippen LogP contribution in [-0.4, -0.2) is 18.8 Å². The molecule has 0 bridgehead atoms. The summed E-state index contributed by atoms with van der Waals surface area (Å²) in [7, 11) is 1.60. The number of ether oxygens (including phenoxy) is 1. The maximum Gasteiger partial charge on any atom is 0.348 e. The molecule has 0 aliphatic carbocycles. The molecule has 4 heteroatoms. The van der Waals surface area contributed by atoms with Gasteiger partial charge in [0.25, 0.3) is 0 Å². The largest absolute Gasteiger partial charge is 0.497 e. The van der Waals surface area contributed by atoms with Gasteiger partial charge >= 0.3 is 5.97 Å². The highest BCUT2D eigenvalue weighted by Crippen LogP contribution is 2.25. The molecule has 4 nitrogen and oxygen atoms in total. The van der Waals surface area contributed by atoms with E-state index >= 15 is 0 Å². The van der Waals surface area contributed by atoms with Gasteiger partial charge in [-0.1, -0.05) is 17.3 Å². The highest BCUT2D eigenvalue weighted by molar-refractivity contribution is 6.08. The minimum Gasteiger partial charge on any atom is -0.497 e. The Hall–Kier alpha value is -1.84. The molecule has 1 heterocycles. The zero-order valence-corrected chi connectivity index (χ0v) is 8.56. The number of methoxy groups -OCH3 is 1. The SMILES string of the molecule is COc1ccc([C@@H]2C(=O)ON=C2C)cc1. The zero-order valence-electron chi connectivity index (χ0n) is 8.56. The molecule has 0 aromatic heterocycles. The summed E-state index contributed by atoms with van der Waals surface area (Å²) in [5, 5.41) is 3.65. The van der Waals surface area contributed by atoms with Crippen LogP contribution in [0.3, 0.4) is 0 Å². The molecule has 78 valence electrons. The van der Waals surface area contributed by atoms with Gasteiger partial charge in [0.15, 0.2) is 0 Å². The third kappa shape index (κ3) is 1.70. The van der Waals surface area contributed by atoms with Gasteiger partial charge in [0.05, 0.1) is 12.8 Å². The Bertz CT molecular complexity index is 408. The zero-order chi connectivity index (χ0) is 10.8. The Morgan fingerprint density at radius 1 is 1.33 bits per heavy atom. The molecule has 15 heavy (non-hydrogen) atoms. The first-order chi connectivity index (χ1) is 7.22. The molecule has 0 amide bonds. The third-order valence-electron chi connectivity index (χ3n) is 2.38. The fourth-order valence-corrected chi connectivity index (χ4v) is 1.57. The van der Waals surface area contributed by atoms with Crippen molar-refractivity contribution in [2.24, 2.45) is 5.16 Å². The molecular weight excluding hydrogens is 194 g/mol. The van der Waals surface area contributed by atoms with Crippen molar-refractivity contribution in [3.8, 4) is 5.75 Å². The van der Waals surface area contributed by atoms with Crippen molar-refractivity contribution in [3.63, 3.8) is 0 Å². The first-order valence-electron chi connectivity index (χ1n) is 4.61. The van der Waals surface area contributed by atoms with Crippen LogP contribution in [0.2, 0.25) is 0 Å². The molecule has 0 saturated heterocycles. The summed E-state index contributed by atoms with van der Waals surface area (Å²) in [6.45, 7) is 1.78. The van der Waals surface area contributed by atoms with E-state index in [9.17, 15) is 4.79 Å². The number of hydrogen-bond donors (Lipinski definition) is 0. The predicted molar refractivity (Wildman–Crippen MR) is 54.9 cm³/mol. The monoisotopic (exact) mass is 205 g/mol. The number of rotatable bonds is 2. The highest BCUT2D eigenvalue weighted by Gasteiger charge is 2.31. The Morgan fingerprint density at radius 3 is 2.47 bits per heavy atom. The molecule has 1 aliphatic rings. The van der Waals surface area contributed by atoms with Crippen LogP contribution in [0.5, 0.6) is 5.75 Å². The topological polar surface area (TPSA) is 47.9 Å². The normalized spacial score (nSPS) is 19.7. The summed E-state index contributed by atoms with van der Waals surface area (Å²) >= 11 is 0. The Labute approximate surface area is 87.5 Å². The van der Waals surface area contributed by atoms with Crippen LogP contribution in [0.25, 0.3) is 0 Å². The molecule has 0 saturated carbocycles. The van der Waals surface area contributed by atoms with Crippen LogP contribution in [-0.2, 0) is 9.63 Å². The lowest BCUT2D eigenvalue weighted by Crippen LogP contribution is -2.13. The van der Waals surface area contributed by atoms with Gasteiger partial charge in [-0.05, 0) is 24.6 Å². The summed E-state index contributed by atoms with van der Waals surface area (Å²) in [6.07, 6.45) is 0. The van der Waals surface area contributed by atoms with E-state index in [4.69, 9.17) is 4.74 Å². The van der Waals surface area contributed by atoms with Crippen molar-refractivity contribution in [1.82, 2.24) is 0 Å². The van der Waals surface area contributed by atoms with Crippen LogP contribution in [0.15, 0.2) is 29.4 Å². The molecule has 1 atom stereocenters. The van der Waals surface area contributed by atoms with Crippen molar-refractivity contribution in [1.29, 1.82) is 0 Å². The number of hydrogen-bond acceptors (Lipinski definition) is 4. The molecule has 1 aliphatic heterocycles. The lowest BCUT2D eigenvalue weighted by Gasteiger charge is -2.07. The first kappa shape index (κ1) is 9.71. The van der Waals surface area contributed by atoms with Gasteiger partial charge in [-0.25, -0.2) is 4.79 Å². The van der Waals surface area contributed by atoms with E-state index < -0.39 is 0 Å². The van der Waals surface area contributed by atoms with Crippen molar-refractivity contribution in [2.45, 2.75) is 12.8 Å². The van der Waals surface area contributed by atoms with Crippen LogP contribution >= 0.6 is 0 Å². The van der Waals surface area contributed by atoms with E-state index in [0.29, 0.717) is 5.71 Å². The quantitative estimate of drug-likeness (QED) is 0.690. The van der Waals surface area contributed by atoms with Crippen molar-refractivity contribution in [3.05, 3.63) is 29.8 Å². The fourth-order valence-electron chi connectivity index (χ4n) is 1.57. The fraction of sp³-hybridized carbons (Fsp3) is 0.273. The van der Waals surface area contributed by atoms with Crippen molar-refractivity contribution in [2.75, 3.05) is 7.11 Å². The molecule has 1 aromatic carbocycles. The molecular formula is C11H11NO3. The first-order valence-corrected chi connectivity index (χ1v) is 4.61. The van der Waals surface area contributed by atoms with E-state index in [2.05, 4.69) is 9.99 Å². The standard InChI is InChI=1S/C11H11NO3/c1-7-10(11(13)15-12-7)8-3-5-9(14-2)6-4-8/h3-6,10H,1-2H3/t10-/m1/s1. The maximum absolute atomic E-state index is 11.4. The van der Waals surface area contributed by atoms with Gasteiger partial charge in [-0.3, -0.25) is 0 Å². The van der Waals surface area contributed by atoms with Gasteiger partial charge < -0.3 is 9.57 Å². The number of carbonyl (C=O) groups is 1. The number of nitrogens with zero attached hydrogens (tertiary/aromatic N) is 1. The Kier molecular flexibility index (Phi) is 2.41. The van der Waals surface area contributed by atoms with Crippen LogP contribution in [0.4, 0.5) is 0 Å². The number of carbonyl (C=O) groups excluding carboxylic acids is 1. The summed E-state index contributed by atoms with van der Waals surface area (Å²) in [4.78, 5) is 16.0. The minimum absolute atomic E-state index is 0.322. The van der Waals surface area contributed by atoms with Gasteiger partial charge in [0.1, 0.15) is 11.7 Å². The molecule has 2 rings (SSSR count). The van der Waals surface area contributed by atoms with E-state index in [1.165, 1.54) is 0 Å². The highest BCUT2D eigenvalue weighted by atomic mass is 16.7. The van der Waals surface area contributed by atoms with E-state index in [1.807, 2.05) is 24.3 Å². The summed E-state index contributed by atoms with van der Waals surface area (Å²) in [5.74, 6) is 0.0771. The van der Waals surface area contributed by atoms with Gasteiger partial charge in [-0.15, -0.1) is 0 Å². The van der Waals surface area contributed by atoms with Crippen LogP contribution in [0, 0.1) is 0 Å². The molecule has 0 radical (unpaired) electrons. The summed E-state index contributed by atoms with van der Waals surface area (Å²) in [5.41, 5.74) is 1.56. The average molecular weight is 205 g/mol. The second kappa shape index (κ2) is 3.73. The lowest BCUT2D eigenvalue weighted by atomic mass is 9.96. The second-order valence-electron chi connectivity index (χ2n) is 3.35. The number of benzene rings is 1. The van der Waals surface area contributed by atoms with E-state index in [0.717, 1.165) is 11.3 Å². The second-order valence-corrected chi connectivity index (χ2v) is 3.35. The molecule has 0 spiro atoms. The Morgan fingerprint density at radius 2 is 2.00 bits per heavy atom.